The normalized spacial score (nSPS) is 16.2. The fourth-order valence-electron chi connectivity index (χ4n) is 3.45. The van der Waals surface area contributed by atoms with Gasteiger partial charge in [0, 0.05) is 29.6 Å². The number of nitrogens with zero attached hydrogens (tertiary/aromatic N) is 3. The minimum absolute atomic E-state index is 0.00253. The van der Waals surface area contributed by atoms with Gasteiger partial charge in [0.05, 0.1) is 26.5 Å². The van der Waals surface area contributed by atoms with Crippen molar-refractivity contribution in [3.05, 3.63) is 73.8 Å². The van der Waals surface area contributed by atoms with Crippen molar-refractivity contribution >= 4 is 38.0 Å². The number of fused-ring (bicyclic) bond motifs is 2. The van der Waals surface area contributed by atoms with Crippen LogP contribution in [0.25, 0.3) is 10.9 Å². The number of sulfone groups is 1. The minimum Gasteiger partial charge on any atom is -0.296 e. The molecule has 1 aliphatic heterocycles. The van der Waals surface area contributed by atoms with Crippen LogP contribution in [-0.2, 0) is 16.4 Å². The summed E-state index contributed by atoms with van der Waals surface area (Å²) in [4.78, 5) is 27.3. The SMILES string of the molecule is O=c1c2ccc(Cl)cc2nc2n1CCC2CS(=O)(=O)c1ccc([N+](=O)[O-])cc1. The molecular formula is C18H14ClN3O5S. The van der Waals surface area contributed by atoms with Gasteiger partial charge >= 0.3 is 0 Å². The maximum atomic E-state index is 12.8. The van der Waals surface area contributed by atoms with Gasteiger partial charge in [0.2, 0.25) is 0 Å². The lowest BCUT2D eigenvalue weighted by molar-refractivity contribution is -0.384. The van der Waals surface area contributed by atoms with Gasteiger partial charge in [-0.25, -0.2) is 13.4 Å². The van der Waals surface area contributed by atoms with Crippen molar-refractivity contribution in [3.63, 3.8) is 0 Å². The van der Waals surface area contributed by atoms with Crippen LogP contribution in [0.4, 0.5) is 5.69 Å². The fraction of sp³-hybridized carbons (Fsp3) is 0.222. The number of hydrogen-bond donors (Lipinski definition) is 0. The largest absolute Gasteiger partial charge is 0.296 e. The van der Waals surface area contributed by atoms with E-state index < -0.39 is 20.7 Å². The van der Waals surface area contributed by atoms with Gasteiger partial charge in [-0.1, -0.05) is 11.6 Å². The monoisotopic (exact) mass is 419 g/mol. The second-order valence-electron chi connectivity index (χ2n) is 6.61. The second kappa shape index (κ2) is 6.68. The Morgan fingerprint density at radius 2 is 1.93 bits per heavy atom. The van der Waals surface area contributed by atoms with E-state index in [0.29, 0.717) is 34.7 Å². The van der Waals surface area contributed by atoms with Crippen LogP contribution in [0.5, 0.6) is 0 Å². The number of halogens is 1. The van der Waals surface area contributed by atoms with Crippen LogP contribution in [-0.4, -0.2) is 28.6 Å². The summed E-state index contributed by atoms with van der Waals surface area (Å²) < 4.78 is 27.1. The standard InChI is InChI=1S/C18H14ClN3O5S/c19-12-1-6-15-16(9-12)20-17-11(7-8-21(17)18(15)23)10-28(26,27)14-4-2-13(3-5-14)22(24)25/h1-6,9,11H,7-8,10H2. The van der Waals surface area contributed by atoms with Crippen LogP contribution in [0.3, 0.4) is 0 Å². The summed E-state index contributed by atoms with van der Waals surface area (Å²) in [7, 11) is -3.71. The molecule has 0 saturated carbocycles. The van der Waals surface area contributed by atoms with E-state index in [2.05, 4.69) is 4.98 Å². The van der Waals surface area contributed by atoms with E-state index in [4.69, 9.17) is 11.6 Å². The molecule has 2 heterocycles. The Morgan fingerprint density at radius 1 is 1.21 bits per heavy atom. The molecule has 1 aromatic heterocycles. The average molecular weight is 420 g/mol. The van der Waals surface area contributed by atoms with E-state index >= 15 is 0 Å². The average Bonchev–Trinajstić information content (AvgIpc) is 3.04. The summed E-state index contributed by atoms with van der Waals surface area (Å²) in [5.41, 5.74) is 0.0389. The molecule has 1 atom stereocenters. The zero-order valence-corrected chi connectivity index (χ0v) is 16.0. The summed E-state index contributed by atoms with van der Waals surface area (Å²) in [5, 5.41) is 11.6. The molecule has 0 fully saturated rings. The van der Waals surface area contributed by atoms with Gasteiger partial charge in [0.1, 0.15) is 5.82 Å². The number of aromatic nitrogens is 2. The van der Waals surface area contributed by atoms with Crippen molar-refractivity contribution in [2.24, 2.45) is 0 Å². The molecule has 3 aromatic rings. The van der Waals surface area contributed by atoms with Gasteiger partial charge in [-0.3, -0.25) is 19.5 Å². The molecule has 4 rings (SSSR count). The molecule has 2 aromatic carbocycles. The highest BCUT2D eigenvalue weighted by atomic mass is 35.5. The van der Waals surface area contributed by atoms with Gasteiger partial charge in [-0.05, 0) is 36.8 Å². The zero-order chi connectivity index (χ0) is 20.1. The van der Waals surface area contributed by atoms with Crippen LogP contribution in [0.1, 0.15) is 18.2 Å². The van der Waals surface area contributed by atoms with E-state index in [0.717, 1.165) is 12.1 Å². The van der Waals surface area contributed by atoms with Gasteiger partial charge < -0.3 is 0 Å². The molecule has 10 heteroatoms. The quantitative estimate of drug-likeness (QED) is 0.474. The first-order valence-electron chi connectivity index (χ1n) is 8.43. The first-order valence-corrected chi connectivity index (χ1v) is 10.5. The summed E-state index contributed by atoms with van der Waals surface area (Å²) in [6.07, 6.45) is 0.471. The van der Waals surface area contributed by atoms with E-state index in [1.54, 1.807) is 18.2 Å². The Kier molecular flexibility index (Phi) is 4.43. The molecule has 0 N–H and O–H groups in total. The van der Waals surface area contributed by atoms with E-state index in [1.807, 2.05) is 0 Å². The van der Waals surface area contributed by atoms with E-state index in [1.165, 1.54) is 16.7 Å². The number of hydrogen-bond acceptors (Lipinski definition) is 6. The fourth-order valence-corrected chi connectivity index (χ4v) is 5.20. The van der Waals surface area contributed by atoms with Crippen LogP contribution in [0.2, 0.25) is 5.02 Å². The Balaban J connectivity index is 1.70. The topological polar surface area (TPSA) is 112 Å². The number of rotatable bonds is 4. The van der Waals surface area contributed by atoms with Crippen molar-refractivity contribution in [1.82, 2.24) is 9.55 Å². The van der Waals surface area contributed by atoms with Crippen molar-refractivity contribution in [2.45, 2.75) is 23.8 Å². The number of non-ortho nitro benzene ring substituents is 1. The van der Waals surface area contributed by atoms with Crippen molar-refractivity contribution in [2.75, 3.05) is 5.75 Å². The molecule has 0 spiro atoms. The zero-order valence-electron chi connectivity index (χ0n) is 14.4. The lowest BCUT2D eigenvalue weighted by Crippen LogP contribution is -2.22. The number of nitro groups is 1. The summed E-state index contributed by atoms with van der Waals surface area (Å²) in [5.74, 6) is -0.259. The van der Waals surface area contributed by atoms with Gasteiger partial charge in [-0.15, -0.1) is 0 Å². The third kappa shape index (κ3) is 3.16. The van der Waals surface area contributed by atoms with Gasteiger partial charge in [0.25, 0.3) is 11.2 Å². The van der Waals surface area contributed by atoms with Crippen molar-refractivity contribution < 1.29 is 13.3 Å². The van der Waals surface area contributed by atoms with Crippen molar-refractivity contribution in [1.29, 1.82) is 0 Å². The Morgan fingerprint density at radius 3 is 2.61 bits per heavy atom. The first kappa shape index (κ1) is 18.6. The summed E-state index contributed by atoms with van der Waals surface area (Å²) >= 11 is 5.99. The molecule has 0 aliphatic carbocycles. The molecule has 0 bridgehead atoms. The Bertz CT molecular complexity index is 1270. The third-order valence-corrected chi connectivity index (χ3v) is 6.91. The van der Waals surface area contributed by atoms with Crippen LogP contribution < -0.4 is 5.56 Å². The molecule has 8 nitrogen and oxygen atoms in total. The highest BCUT2D eigenvalue weighted by Gasteiger charge is 2.31. The van der Waals surface area contributed by atoms with Crippen LogP contribution >= 0.6 is 11.6 Å². The maximum Gasteiger partial charge on any atom is 0.269 e. The minimum atomic E-state index is -3.71. The maximum absolute atomic E-state index is 12.8. The molecule has 0 amide bonds. The molecule has 28 heavy (non-hydrogen) atoms. The Labute approximate surface area is 164 Å². The predicted octanol–water partition coefficient (Wildman–Crippen LogP) is 2.92. The first-order chi connectivity index (χ1) is 13.3. The third-order valence-electron chi connectivity index (χ3n) is 4.84. The molecular weight excluding hydrogens is 406 g/mol. The van der Waals surface area contributed by atoms with E-state index in [9.17, 15) is 23.3 Å². The lowest BCUT2D eigenvalue weighted by Gasteiger charge is -2.12. The highest BCUT2D eigenvalue weighted by molar-refractivity contribution is 7.91. The molecule has 0 saturated heterocycles. The van der Waals surface area contributed by atoms with Gasteiger partial charge in [0.15, 0.2) is 9.84 Å². The smallest absolute Gasteiger partial charge is 0.269 e. The van der Waals surface area contributed by atoms with Crippen LogP contribution in [0.15, 0.2) is 52.2 Å². The van der Waals surface area contributed by atoms with E-state index in [-0.39, 0.29) is 21.9 Å². The number of nitro benzene ring substituents is 1. The summed E-state index contributed by atoms with van der Waals surface area (Å²) in [6.45, 7) is 0.389. The summed E-state index contributed by atoms with van der Waals surface area (Å²) in [6, 6.07) is 9.58. The molecule has 0 radical (unpaired) electrons. The van der Waals surface area contributed by atoms with Crippen molar-refractivity contribution in [3.8, 4) is 0 Å². The molecule has 1 aliphatic rings. The number of benzene rings is 2. The van der Waals surface area contributed by atoms with Crippen LogP contribution in [0, 0.1) is 10.1 Å². The van der Waals surface area contributed by atoms with Gasteiger partial charge in [-0.2, -0.15) is 0 Å². The molecule has 1 unspecified atom stereocenters. The highest BCUT2D eigenvalue weighted by Crippen LogP contribution is 2.30. The Hall–Kier alpha value is -2.78. The lowest BCUT2D eigenvalue weighted by atomic mass is 10.1. The second-order valence-corrected chi connectivity index (χ2v) is 9.08. The predicted molar refractivity (Wildman–Crippen MR) is 104 cm³/mol. The molecule has 144 valence electrons.